The molecule has 2 fully saturated rings. The first-order valence-electron chi connectivity index (χ1n) is 10.6. The van der Waals surface area contributed by atoms with Crippen molar-refractivity contribution in [3.05, 3.63) is 54.2 Å². The van der Waals surface area contributed by atoms with Gasteiger partial charge in [0.15, 0.2) is 0 Å². The Morgan fingerprint density at radius 3 is 2.71 bits per heavy atom. The monoisotopic (exact) mass is 542 g/mol. The number of pyridine rings is 1. The summed E-state index contributed by atoms with van der Waals surface area (Å²) in [6.07, 6.45) is 8.80. The van der Waals surface area contributed by atoms with E-state index in [1.165, 1.54) is 46.4 Å². The first-order chi connectivity index (χ1) is 15.1. The minimum absolute atomic E-state index is 0.517. The normalized spacial score (nSPS) is 18.2. The van der Waals surface area contributed by atoms with Gasteiger partial charge in [-0.1, -0.05) is 6.07 Å². The highest BCUT2D eigenvalue weighted by atomic mass is 127. The number of fused-ring (bicyclic) bond motifs is 1. The number of hydrogen-bond donors (Lipinski definition) is 1. The summed E-state index contributed by atoms with van der Waals surface area (Å²) >= 11 is 2.39. The lowest BCUT2D eigenvalue weighted by molar-refractivity contribution is 0.0321. The minimum atomic E-state index is 0.517. The number of benzene rings is 1. The predicted octanol–water partition coefficient (Wildman–Crippen LogP) is 5.07. The third-order valence-corrected chi connectivity index (χ3v) is 8.95. The van der Waals surface area contributed by atoms with E-state index in [2.05, 4.69) is 78.6 Å². The third-order valence-electron chi connectivity index (χ3n) is 7.07. The van der Waals surface area contributed by atoms with Gasteiger partial charge in [0, 0.05) is 55.0 Å². The quantitative estimate of drug-likeness (QED) is 0.289. The van der Waals surface area contributed by atoms with Crippen molar-refractivity contribution in [3.63, 3.8) is 0 Å². The number of aryl methyl sites for hydroxylation is 1. The van der Waals surface area contributed by atoms with E-state index in [1.54, 1.807) is 0 Å². The molecule has 1 aliphatic heterocycles. The molecule has 1 saturated heterocycles. The van der Waals surface area contributed by atoms with Gasteiger partial charge in [-0.25, -0.2) is 9.44 Å². The van der Waals surface area contributed by atoms with Gasteiger partial charge in [-0.15, -0.1) is 0 Å². The van der Waals surface area contributed by atoms with Crippen molar-refractivity contribution in [3.8, 4) is 22.5 Å². The summed E-state index contributed by atoms with van der Waals surface area (Å²) in [7, 11) is 2.18. The standard InChI is InChI=1S/C23H24IN6P/c1-14-5-6-18-17(11-27-30(18)31-24)19(14)21-20(15-4-3-7-25-10-15)28-22(29(21)2)16-8-23(9-16)12-26-13-23/h3-7,10-11,16,26,31H,8-9,12-13H2,1-2H3. The zero-order valence-electron chi connectivity index (χ0n) is 17.6. The Morgan fingerprint density at radius 2 is 2.03 bits per heavy atom. The summed E-state index contributed by atoms with van der Waals surface area (Å²) in [6, 6.07) is 8.51. The molecule has 6 nitrogen and oxygen atoms in total. The second-order valence-electron chi connectivity index (χ2n) is 9.01. The highest BCUT2D eigenvalue weighted by molar-refractivity contribution is 14.2. The molecule has 31 heavy (non-hydrogen) atoms. The molecule has 8 heteroatoms. The van der Waals surface area contributed by atoms with Crippen LogP contribution in [0.5, 0.6) is 0 Å². The van der Waals surface area contributed by atoms with E-state index in [0.29, 0.717) is 17.7 Å². The van der Waals surface area contributed by atoms with Crippen LogP contribution in [0.1, 0.15) is 30.1 Å². The Kier molecular flexibility index (Phi) is 4.70. The third kappa shape index (κ3) is 3.00. The van der Waals surface area contributed by atoms with Gasteiger partial charge < -0.3 is 9.88 Å². The van der Waals surface area contributed by atoms with Gasteiger partial charge >= 0.3 is 0 Å². The highest BCUT2D eigenvalue weighted by Crippen LogP contribution is 2.54. The van der Waals surface area contributed by atoms with Gasteiger partial charge in [0.05, 0.1) is 29.5 Å². The number of aromatic nitrogens is 5. The molecule has 2 aliphatic rings. The Morgan fingerprint density at radius 1 is 1.19 bits per heavy atom. The van der Waals surface area contributed by atoms with Crippen molar-refractivity contribution < 1.29 is 0 Å². The zero-order valence-corrected chi connectivity index (χ0v) is 20.7. The maximum absolute atomic E-state index is 5.25. The minimum Gasteiger partial charge on any atom is -0.330 e. The molecule has 4 aromatic rings. The van der Waals surface area contributed by atoms with Crippen molar-refractivity contribution in [2.24, 2.45) is 12.5 Å². The maximum atomic E-state index is 5.25. The molecule has 0 amide bonds. The molecular weight excluding hydrogens is 518 g/mol. The van der Waals surface area contributed by atoms with Crippen molar-refractivity contribution >= 4 is 39.3 Å². The number of rotatable bonds is 4. The molecule has 1 aliphatic carbocycles. The lowest BCUT2D eigenvalue weighted by atomic mass is 9.58. The first-order valence-corrected chi connectivity index (χ1v) is 14.7. The molecule has 158 valence electrons. The summed E-state index contributed by atoms with van der Waals surface area (Å²) in [4.78, 5) is 9.64. The van der Waals surface area contributed by atoms with Crippen LogP contribution in [0.4, 0.5) is 0 Å². The number of hydrogen-bond acceptors (Lipinski definition) is 4. The molecule has 1 spiro atoms. The van der Waals surface area contributed by atoms with Crippen LogP contribution in [-0.2, 0) is 7.05 Å². The van der Waals surface area contributed by atoms with E-state index in [0.717, 1.165) is 24.3 Å². The second kappa shape index (κ2) is 7.36. The van der Waals surface area contributed by atoms with E-state index in [-0.39, 0.29) is 0 Å². The topological polar surface area (TPSA) is 60.6 Å². The van der Waals surface area contributed by atoms with Crippen LogP contribution >= 0.6 is 28.4 Å². The number of nitrogens with one attached hydrogen (secondary N) is 1. The average Bonchev–Trinajstić information content (AvgIpc) is 3.28. The van der Waals surface area contributed by atoms with Gasteiger partial charge in [-0.3, -0.25) is 4.98 Å². The molecule has 0 bridgehead atoms. The van der Waals surface area contributed by atoms with Crippen LogP contribution in [0.3, 0.4) is 0 Å². The summed E-state index contributed by atoms with van der Waals surface area (Å²) in [5.74, 6) is 1.72. The van der Waals surface area contributed by atoms with Gasteiger partial charge in [0.25, 0.3) is 0 Å². The maximum Gasteiger partial charge on any atom is 0.112 e. The molecule has 3 aromatic heterocycles. The van der Waals surface area contributed by atoms with E-state index in [9.17, 15) is 0 Å². The lowest BCUT2D eigenvalue weighted by Crippen LogP contribution is -2.59. The zero-order chi connectivity index (χ0) is 21.2. The van der Waals surface area contributed by atoms with Crippen molar-refractivity contribution in [2.45, 2.75) is 25.7 Å². The fourth-order valence-corrected chi connectivity index (χ4v) is 6.94. The molecule has 1 saturated carbocycles. The second-order valence-corrected chi connectivity index (χ2v) is 11.0. The smallest absolute Gasteiger partial charge is 0.112 e. The van der Waals surface area contributed by atoms with E-state index in [1.807, 2.05) is 24.7 Å². The van der Waals surface area contributed by atoms with Crippen LogP contribution in [-0.4, -0.2) is 37.2 Å². The average molecular weight is 542 g/mol. The lowest BCUT2D eigenvalue weighted by Gasteiger charge is -2.54. The number of halogens is 1. The van der Waals surface area contributed by atoms with Gasteiger partial charge in [-0.2, -0.15) is 5.10 Å². The van der Waals surface area contributed by atoms with Crippen LogP contribution in [0.2, 0.25) is 0 Å². The highest BCUT2D eigenvalue weighted by Gasteiger charge is 2.50. The van der Waals surface area contributed by atoms with Crippen LogP contribution < -0.4 is 5.32 Å². The van der Waals surface area contributed by atoms with Gasteiger partial charge in [0.2, 0.25) is 0 Å². The summed E-state index contributed by atoms with van der Waals surface area (Å²) in [6.45, 7) is 4.51. The van der Waals surface area contributed by atoms with Gasteiger partial charge in [0.1, 0.15) is 5.82 Å². The summed E-state index contributed by atoms with van der Waals surface area (Å²) < 4.78 is 4.43. The van der Waals surface area contributed by atoms with Crippen molar-refractivity contribution in [2.75, 3.05) is 13.1 Å². The Hall–Kier alpha value is -1.83. The molecule has 4 heterocycles. The van der Waals surface area contributed by atoms with E-state index < -0.39 is 0 Å². The molecular formula is C23H24IN6P. The Bertz CT molecular complexity index is 1280. The molecule has 1 unspecified atom stereocenters. The SMILES string of the molecule is Cc1ccc2c(cnn2PI)c1-c1c(-c2cccnc2)nc(C2CC3(CNC3)C2)n1C. The van der Waals surface area contributed by atoms with E-state index in [4.69, 9.17) is 4.98 Å². The molecule has 1 atom stereocenters. The molecule has 1 aromatic carbocycles. The number of imidazole rings is 1. The predicted molar refractivity (Wildman–Crippen MR) is 135 cm³/mol. The first kappa shape index (κ1) is 19.8. The molecule has 0 radical (unpaired) electrons. The fourth-order valence-electron chi connectivity index (χ4n) is 5.40. The Balaban J connectivity index is 1.57. The summed E-state index contributed by atoms with van der Waals surface area (Å²) in [5.41, 5.74) is 7.45. The summed E-state index contributed by atoms with van der Waals surface area (Å²) in [5, 5.41) is 9.29. The fraction of sp³-hybridized carbons (Fsp3) is 0.348. The Labute approximate surface area is 196 Å². The molecule has 1 N–H and O–H groups in total. The van der Waals surface area contributed by atoms with Crippen LogP contribution in [0.15, 0.2) is 42.9 Å². The largest absolute Gasteiger partial charge is 0.330 e. The van der Waals surface area contributed by atoms with Crippen molar-refractivity contribution in [1.29, 1.82) is 0 Å². The van der Waals surface area contributed by atoms with Crippen LogP contribution in [0.25, 0.3) is 33.4 Å². The van der Waals surface area contributed by atoms with Gasteiger partial charge in [-0.05, 0) is 71.0 Å². The van der Waals surface area contributed by atoms with Crippen LogP contribution in [0, 0.1) is 12.3 Å². The van der Waals surface area contributed by atoms with Crippen molar-refractivity contribution in [1.82, 2.24) is 29.4 Å². The van der Waals surface area contributed by atoms with E-state index >= 15 is 0 Å². The molecule has 6 rings (SSSR count). The number of nitrogens with zero attached hydrogens (tertiary/aromatic N) is 5.